The quantitative estimate of drug-likeness (QED) is 0.686. The van der Waals surface area contributed by atoms with Crippen LogP contribution in [0.3, 0.4) is 0 Å². The van der Waals surface area contributed by atoms with Crippen LogP contribution in [0.4, 0.5) is 13.2 Å². The molecule has 0 aromatic carbocycles. The van der Waals surface area contributed by atoms with Gasteiger partial charge in [0.05, 0.1) is 12.6 Å². The molecule has 0 radical (unpaired) electrons. The van der Waals surface area contributed by atoms with Gasteiger partial charge in [-0.05, 0) is 13.8 Å². The summed E-state index contributed by atoms with van der Waals surface area (Å²) in [5.74, 6) is 0. The Morgan fingerprint density at radius 2 is 1.80 bits per heavy atom. The molecular weight excluding hydrogens is 209 g/mol. The second-order valence-electron chi connectivity index (χ2n) is 3.60. The molecule has 0 aliphatic heterocycles. The van der Waals surface area contributed by atoms with Gasteiger partial charge < -0.3 is 15.4 Å². The predicted octanol–water partition coefficient (Wildman–Crippen LogP) is 1.15. The van der Waals surface area contributed by atoms with Gasteiger partial charge in [-0.2, -0.15) is 13.2 Å². The van der Waals surface area contributed by atoms with Gasteiger partial charge >= 0.3 is 6.18 Å². The summed E-state index contributed by atoms with van der Waals surface area (Å²) in [5, 5.41) is 5.40. The summed E-state index contributed by atoms with van der Waals surface area (Å²) in [5.41, 5.74) is 0. The monoisotopic (exact) mass is 228 g/mol. The molecule has 6 heteroatoms. The fraction of sp³-hybridized carbons (Fsp3) is 1.00. The highest BCUT2D eigenvalue weighted by Gasteiger charge is 2.26. The normalized spacial score (nSPS) is 16.4. The molecule has 0 aliphatic rings. The molecule has 2 atom stereocenters. The molecule has 0 fully saturated rings. The first-order valence-corrected chi connectivity index (χ1v) is 4.88. The van der Waals surface area contributed by atoms with E-state index in [1.54, 1.807) is 7.11 Å². The van der Waals surface area contributed by atoms with Crippen molar-refractivity contribution in [2.75, 3.05) is 26.7 Å². The summed E-state index contributed by atoms with van der Waals surface area (Å²) in [7, 11) is 1.60. The van der Waals surface area contributed by atoms with Crippen LogP contribution in [0.25, 0.3) is 0 Å². The van der Waals surface area contributed by atoms with Crippen molar-refractivity contribution in [2.45, 2.75) is 32.2 Å². The van der Waals surface area contributed by atoms with Gasteiger partial charge in [0.25, 0.3) is 0 Å². The molecule has 0 rings (SSSR count). The first-order chi connectivity index (χ1) is 6.85. The Balaban J connectivity index is 3.45. The van der Waals surface area contributed by atoms with Gasteiger partial charge in [0.2, 0.25) is 0 Å². The van der Waals surface area contributed by atoms with E-state index in [1.165, 1.54) is 0 Å². The van der Waals surface area contributed by atoms with Gasteiger partial charge in [-0.1, -0.05) is 0 Å². The Kier molecular flexibility index (Phi) is 6.87. The smallest absolute Gasteiger partial charge is 0.380 e. The van der Waals surface area contributed by atoms with Crippen LogP contribution in [0.15, 0.2) is 0 Å². The SMILES string of the molecule is COC(C)CNC(C)CNCC(F)(F)F. The zero-order valence-corrected chi connectivity index (χ0v) is 9.32. The number of ether oxygens (including phenoxy) is 1. The highest BCUT2D eigenvalue weighted by atomic mass is 19.4. The minimum Gasteiger partial charge on any atom is -0.380 e. The van der Waals surface area contributed by atoms with E-state index in [0.717, 1.165) is 0 Å². The summed E-state index contributed by atoms with van der Waals surface area (Å²) in [4.78, 5) is 0. The first kappa shape index (κ1) is 14.7. The topological polar surface area (TPSA) is 33.3 Å². The van der Waals surface area contributed by atoms with E-state index in [-0.39, 0.29) is 18.7 Å². The van der Waals surface area contributed by atoms with Crippen molar-refractivity contribution in [3.8, 4) is 0 Å². The third kappa shape index (κ3) is 9.96. The Hall–Kier alpha value is -0.330. The van der Waals surface area contributed by atoms with Crippen molar-refractivity contribution in [3.63, 3.8) is 0 Å². The van der Waals surface area contributed by atoms with Gasteiger partial charge in [0.1, 0.15) is 0 Å². The molecule has 0 aromatic rings. The number of nitrogens with one attached hydrogen (secondary N) is 2. The standard InChI is InChI=1S/C9H19F3N2O/c1-7(14-5-8(2)15-3)4-13-6-9(10,11)12/h7-8,13-14H,4-6H2,1-3H3. The molecule has 0 aromatic heterocycles. The Morgan fingerprint density at radius 1 is 1.20 bits per heavy atom. The second kappa shape index (κ2) is 7.03. The first-order valence-electron chi connectivity index (χ1n) is 4.88. The Morgan fingerprint density at radius 3 is 2.27 bits per heavy atom. The third-order valence-corrected chi connectivity index (χ3v) is 1.93. The average molecular weight is 228 g/mol. The van der Waals surface area contributed by atoms with Crippen LogP contribution in [0, 0.1) is 0 Å². The van der Waals surface area contributed by atoms with E-state index < -0.39 is 12.7 Å². The van der Waals surface area contributed by atoms with Crippen molar-refractivity contribution in [1.82, 2.24) is 10.6 Å². The molecule has 3 nitrogen and oxygen atoms in total. The fourth-order valence-corrected chi connectivity index (χ4v) is 0.953. The zero-order chi connectivity index (χ0) is 11.9. The number of halogens is 3. The molecular formula is C9H19F3N2O. The van der Waals surface area contributed by atoms with Gasteiger partial charge in [-0.25, -0.2) is 0 Å². The van der Waals surface area contributed by atoms with Crippen molar-refractivity contribution < 1.29 is 17.9 Å². The maximum atomic E-state index is 11.8. The molecule has 0 spiro atoms. The summed E-state index contributed by atoms with van der Waals surface area (Å²) >= 11 is 0. The van der Waals surface area contributed by atoms with E-state index in [0.29, 0.717) is 6.54 Å². The van der Waals surface area contributed by atoms with E-state index in [2.05, 4.69) is 10.6 Å². The van der Waals surface area contributed by atoms with Crippen LogP contribution >= 0.6 is 0 Å². The molecule has 0 heterocycles. The summed E-state index contributed by atoms with van der Waals surface area (Å²) in [6.07, 6.45) is -4.07. The summed E-state index contributed by atoms with van der Waals surface area (Å²) in [6.45, 7) is 3.69. The van der Waals surface area contributed by atoms with Crippen LogP contribution < -0.4 is 10.6 Å². The zero-order valence-electron chi connectivity index (χ0n) is 9.32. The summed E-state index contributed by atoms with van der Waals surface area (Å²) < 4.78 is 40.3. The lowest BCUT2D eigenvalue weighted by molar-refractivity contribution is -0.124. The molecule has 0 bridgehead atoms. The van der Waals surface area contributed by atoms with Crippen molar-refractivity contribution in [2.24, 2.45) is 0 Å². The van der Waals surface area contributed by atoms with Crippen molar-refractivity contribution >= 4 is 0 Å². The molecule has 0 amide bonds. The molecule has 2 N–H and O–H groups in total. The lowest BCUT2D eigenvalue weighted by Gasteiger charge is -2.17. The maximum absolute atomic E-state index is 11.8. The van der Waals surface area contributed by atoms with Crippen LogP contribution in [-0.4, -0.2) is 45.1 Å². The summed E-state index contributed by atoms with van der Waals surface area (Å²) in [6, 6.07) is -0.00931. The number of methoxy groups -OCH3 is 1. The van der Waals surface area contributed by atoms with Crippen LogP contribution in [0.5, 0.6) is 0 Å². The molecule has 15 heavy (non-hydrogen) atoms. The number of hydrogen-bond donors (Lipinski definition) is 2. The molecule has 92 valence electrons. The van der Waals surface area contributed by atoms with E-state index in [4.69, 9.17) is 4.74 Å². The minimum absolute atomic E-state index is 0.00931. The Labute approximate surface area is 88.4 Å². The highest BCUT2D eigenvalue weighted by molar-refractivity contribution is 4.67. The van der Waals surface area contributed by atoms with E-state index >= 15 is 0 Å². The number of hydrogen-bond acceptors (Lipinski definition) is 3. The maximum Gasteiger partial charge on any atom is 0.401 e. The molecule has 2 unspecified atom stereocenters. The fourth-order valence-electron chi connectivity index (χ4n) is 0.953. The minimum atomic E-state index is -4.14. The highest BCUT2D eigenvalue weighted by Crippen LogP contribution is 2.11. The molecule has 0 saturated heterocycles. The Bertz CT molecular complexity index is 164. The van der Waals surface area contributed by atoms with E-state index in [1.807, 2.05) is 13.8 Å². The van der Waals surface area contributed by atoms with Crippen molar-refractivity contribution in [1.29, 1.82) is 0 Å². The van der Waals surface area contributed by atoms with Crippen LogP contribution in [0.2, 0.25) is 0 Å². The number of rotatable bonds is 7. The van der Waals surface area contributed by atoms with E-state index in [9.17, 15) is 13.2 Å². The largest absolute Gasteiger partial charge is 0.401 e. The molecule has 0 aliphatic carbocycles. The predicted molar refractivity (Wildman–Crippen MR) is 52.9 cm³/mol. The average Bonchev–Trinajstić information content (AvgIpc) is 2.12. The van der Waals surface area contributed by atoms with Crippen LogP contribution in [-0.2, 0) is 4.74 Å². The third-order valence-electron chi connectivity index (χ3n) is 1.93. The second-order valence-corrected chi connectivity index (χ2v) is 3.60. The van der Waals surface area contributed by atoms with Crippen molar-refractivity contribution in [3.05, 3.63) is 0 Å². The molecule has 0 saturated carbocycles. The van der Waals surface area contributed by atoms with Gasteiger partial charge in [0, 0.05) is 26.2 Å². The van der Waals surface area contributed by atoms with Crippen LogP contribution in [0.1, 0.15) is 13.8 Å². The van der Waals surface area contributed by atoms with Gasteiger partial charge in [-0.3, -0.25) is 0 Å². The lowest BCUT2D eigenvalue weighted by Crippen LogP contribution is -2.42. The lowest BCUT2D eigenvalue weighted by atomic mass is 10.3. The van der Waals surface area contributed by atoms with Gasteiger partial charge in [0.15, 0.2) is 0 Å². The number of alkyl halides is 3. The van der Waals surface area contributed by atoms with Gasteiger partial charge in [-0.15, -0.1) is 0 Å².